The number of nitrogens with zero attached hydrogens (tertiary/aromatic N) is 2. The number of likely N-dealkylation sites (N-methyl/N-ethyl adjacent to an activating group) is 1. The molecule has 1 aliphatic rings. The molecule has 0 aliphatic carbocycles. The first-order valence-electron chi connectivity index (χ1n) is 10.1. The average Bonchev–Trinajstić information content (AvgIpc) is 3.27. The molecule has 8 nitrogen and oxygen atoms in total. The molecule has 0 radical (unpaired) electrons. The van der Waals surface area contributed by atoms with Crippen LogP contribution in [0.3, 0.4) is 0 Å². The zero-order chi connectivity index (χ0) is 23.1. The molecule has 3 rings (SSSR count). The molecule has 0 aromatic heterocycles. The van der Waals surface area contributed by atoms with Crippen molar-refractivity contribution in [2.24, 2.45) is 0 Å². The lowest BCUT2D eigenvalue weighted by Crippen LogP contribution is -2.34. The fourth-order valence-electron chi connectivity index (χ4n) is 2.96. The lowest BCUT2D eigenvalue weighted by Gasteiger charge is -2.21. The van der Waals surface area contributed by atoms with Crippen LogP contribution in [0.5, 0.6) is 11.5 Å². The van der Waals surface area contributed by atoms with E-state index in [2.05, 4.69) is 0 Å². The number of benzene rings is 2. The Morgan fingerprint density at radius 2 is 1.78 bits per heavy atom. The van der Waals surface area contributed by atoms with E-state index in [-0.39, 0.29) is 31.0 Å². The summed E-state index contributed by atoms with van der Waals surface area (Å²) in [6, 6.07) is 12.4. The van der Waals surface area contributed by atoms with Gasteiger partial charge in [0.05, 0.1) is 11.3 Å². The van der Waals surface area contributed by atoms with Gasteiger partial charge in [-0.25, -0.2) is 4.79 Å². The number of rotatable bonds is 9. The first-order valence-corrected chi connectivity index (χ1v) is 11.1. The lowest BCUT2D eigenvalue weighted by molar-refractivity contribution is -0.135. The summed E-state index contributed by atoms with van der Waals surface area (Å²) in [5, 5.41) is 0. The summed E-state index contributed by atoms with van der Waals surface area (Å²) in [6.45, 7) is 2.51. The van der Waals surface area contributed by atoms with Crippen LogP contribution in [0, 0.1) is 0 Å². The molecule has 1 aliphatic heterocycles. The molecule has 2 aromatic rings. The molecule has 0 fully saturated rings. The van der Waals surface area contributed by atoms with Gasteiger partial charge >= 0.3 is 5.97 Å². The first kappa shape index (κ1) is 23.5. The van der Waals surface area contributed by atoms with E-state index in [1.165, 1.54) is 16.7 Å². The monoisotopic (exact) mass is 458 g/mol. The van der Waals surface area contributed by atoms with E-state index >= 15 is 0 Å². The summed E-state index contributed by atoms with van der Waals surface area (Å²) in [5.41, 5.74) is 1.22. The number of carbonyl (C=O) groups is 3. The van der Waals surface area contributed by atoms with Crippen molar-refractivity contribution in [3.63, 3.8) is 0 Å². The van der Waals surface area contributed by atoms with Gasteiger partial charge < -0.3 is 24.0 Å². The SMILES string of the molecule is CCN(Cc1ccc2c(c1)OCO2)C(=O)COC(=O)c1ccccc1SCC(=O)N(C)C. The second kappa shape index (κ2) is 10.9. The highest BCUT2D eigenvalue weighted by Crippen LogP contribution is 2.32. The largest absolute Gasteiger partial charge is 0.454 e. The maximum absolute atomic E-state index is 12.7. The summed E-state index contributed by atoms with van der Waals surface area (Å²) in [7, 11) is 3.36. The fraction of sp³-hybridized carbons (Fsp3) is 0.348. The van der Waals surface area contributed by atoms with Gasteiger partial charge in [-0.15, -0.1) is 11.8 Å². The van der Waals surface area contributed by atoms with Crippen molar-refractivity contribution in [1.82, 2.24) is 9.80 Å². The maximum atomic E-state index is 12.7. The topological polar surface area (TPSA) is 85.4 Å². The lowest BCUT2D eigenvalue weighted by atomic mass is 10.2. The molecule has 0 N–H and O–H groups in total. The number of fused-ring (bicyclic) bond motifs is 1. The first-order chi connectivity index (χ1) is 15.4. The Morgan fingerprint density at radius 3 is 2.53 bits per heavy atom. The van der Waals surface area contributed by atoms with Crippen LogP contribution in [-0.4, -0.2) is 67.4 Å². The molecular formula is C23H26N2O6S. The summed E-state index contributed by atoms with van der Waals surface area (Å²) in [5.74, 6) is 0.579. The van der Waals surface area contributed by atoms with E-state index in [0.717, 1.165) is 5.56 Å². The Balaban J connectivity index is 1.57. The molecule has 170 valence electrons. The van der Waals surface area contributed by atoms with Crippen LogP contribution in [0.2, 0.25) is 0 Å². The van der Waals surface area contributed by atoms with Crippen LogP contribution in [0.4, 0.5) is 0 Å². The molecule has 0 spiro atoms. The predicted octanol–water partition coefficient (Wildman–Crippen LogP) is 2.80. The number of carbonyl (C=O) groups excluding carboxylic acids is 3. The number of thioether (sulfide) groups is 1. The Bertz CT molecular complexity index is 994. The normalized spacial score (nSPS) is 11.7. The Hall–Kier alpha value is -3.20. The summed E-state index contributed by atoms with van der Waals surface area (Å²) in [4.78, 5) is 40.9. The van der Waals surface area contributed by atoms with E-state index in [0.29, 0.717) is 35.0 Å². The van der Waals surface area contributed by atoms with Gasteiger partial charge in [0.2, 0.25) is 12.7 Å². The molecule has 1 heterocycles. The van der Waals surface area contributed by atoms with Crippen molar-refractivity contribution in [2.45, 2.75) is 18.4 Å². The molecule has 0 saturated heterocycles. The van der Waals surface area contributed by atoms with Gasteiger partial charge in [0, 0.05) is 32.1 Å². The number of hydrogen-bond donors (Lipinski definition) is 0. The van der Waals surface area contributed by atoms with E-state index in [4.69, 9.17) is 14.2 Å². The van der Waals surface area contributed by atoms with Crippen LogP contribution in [-0.2, 0) is 20.9 Å². The zero-order valence-electron chi connectivity index (χ0n) is 18.3. The predicted molar refractivity (Wildman–Crippen MR) is 120 cm³/mol. The van der Waals surface area contributed by atoms with Gasteiger partial charge in [-0.1, -0.05) is 18.2 Å². The fourth-order valence-corrected chi connectivity index (χ4v) is 3.98. The number of esters is 1. The van der Waals surface area contributed by atoms with Crippen molar-refractivity contribution in [1.29, 1.82) is 0 Å². The minimum absolute atomic E-state index is 0.0598. The molecule has 0 atom stereocenters. The second-order valence-corrected chi connectivity index (χ2v) is 8.26. The minimum Gasteiger partial charge on any atom is -0.454 e. The third-order valence-corrected chi connectivity index (χ3v) is 5.89. The van der Waals surface area contributed by atoms with Gasteiger partial charge in [-0.2, -0.15) is 0 Å². The van der Waals surface area contributed by atoms with Gasteiger partial charge in [0.1, 0.15) is 0 Å². The molecule has 9 heteroatoms. The molecule has 0 unspecified atom stereocenters. The van der Waals surface area contributed by atoms with Crippen molar-refractivity contribution < 1.29 is 28.6 Å². The molecule has 0 bridgehead atoms. The van der Waals surface area contributed by atoms with Crippen molar-refractivity contribution in [3.8, 4) is 11.5 Å². The summed E-state index contributed by atoms with van der Waals surface area (Å²) in [6.07, 6.45) is 0. The number of hydrogen-bond acceptors (Lipinski definition) is 7. The van der Waals surface area contributed by atoms with Crippen LogP contribution in [0.1, 0.15) is 22.8 Å². The number of amides is 2. The van der Waals surface area contributed by atoms with Crippen molar-refractivity contribution >= 4 is 29.5 Å². The van der Waals surface area contributed by atoms with Crippen molar-refractivity contribution in [2.75, 3.05) is 39.8 Å². The van der Waals surface area contributed by atoms with E-state index in [1.54, 1.807) is 43.3 Å². The van der Waals surface area contributed by atoms with Gasteiger partial charge in [-0.05, 0) is 36.8 Å². The zero-order valence-corrected chi connectivity index (χ0v) is 19.1. The highest BCUT2D eigenvalue weighted by Gasteiger charge is 2.20. The van der Waals surface area contributed by atoms with Crippen LogP contribution >= 0.6 is 11.8 Å². The second-order valence-electron chi connectivity index (χ2n) is 7.24. The maximum Gasteiger partial charge on any atom is 0.339 e. The van der Waals surface area contributed by atoms with Crippen LogP contribution < -0.4 is 9.47 Å². The third kappa shape index (κ3) is 5.94. The highest BCUT2D eigenvalue weighted by atomic mass is 32.2. The average molecular weight is 459 g/mol. The Kier molecular flexibility index (Phi) is 7.99. The smallest absolute Gasteiger partial charge is 0.339 e. The summed E-state index contributed by atoms with van der Waals surface area (Å²) >= 11 is 1.26. The number of ether oxygens (including phenoxy) is 3. The van der Waals surface area contributed by atoms with Gasteiger partial charge in [-0.3, -0.25) is 9.59 Å². The molecular weight excluding hydrogens is 432 g/mol. The Labute approximate surface area is 191 Å². The third-order valence-electron chi connectivity index (χ3n) is 4.83. The summed E-state index contributed by atoms with van der Waals surface area (Å²) < 4.78 is 16.0. The van der Waals surface area contributed by atoms with Crippen molar-refractivity contribution in [3.05, 3.63) is 53.6 Å². The minimum atomic E-state index is -0.599. The van der Waals surface area contributed by atoms with E-state index < -0.39 is 5.97 Å². The van der Waals surface area contributed by atoms with E-state index in [9.17, 15) is 14.4 Å². The standard InChI is InChI=1S/C23H26N2O6S/c1-4-25(12-16-9-10-18-19(11-16)31-15-30-18)21(26)13-29-23(28)17-7-5-6-8-20(17)32-14-22(27)24(2)3/h5-11H,4,12-15H2,1-3H3. The van der Waals surface area contributed by atoms with Gasteiger partial charge in [0.15, 0.2) is 18.1 Å². The van der Waals surface area contributed by atoms with E-state index in [1.807, 2.05) is 25.1 Å². The molecule has 32 heavy (non-hydrogen) atoms. The molecule has 2 amide bonds. The molecule has 2 aromatic carbocycles. The Morgan fingerprint density at radius 1 is 1.03 bits per heavy atom. The highest BCUT2D eigenvalue weighted by molar-refractivity contribution is 8.00. The quantitative estimate of drug-likeness (QED) is 0.422. The van der Waals surface area contributed by atoms with Crippen LogP contribution in [0.25, 0.3) is 0 Å². The van der Waals surface area contributed by atoms with Crippen LogP contribution in [0.15, 0.2) is 47.4 Å². The molecule has 0 saturated carbocycles. The van der Waals surface area contributed by atoms with Gasteiger partial charge in [0.25, 0.3) is 5.91 Å².